The Morgan fingerprint density at radius 2 is 2.00 bits per heavy atom. The van der Waals surface area contributed by atoms with Crippen molar-refractivity contribution in [3.63, 3.8) is 0 Å². The van der Waals surface area contributed by atoms with Crippen LogP contribution in [-0.2, 0) is 11.4 Å². The highest BCUT2D eigenvalue weighted by Crippen LogP contribution is 2.23. The van der Waals surface area contributed by atoms with Crippen molar-refractivity contribution in [2.45, 2.75) is 13.5 Å². The first-order valence-electron chi connectivity index (χ1n) is 6.52. The van der Waals surface area contributed by atoms with Gasteiger partial charge in [0.1, 0.15) is 18.1 Å². The molecule has 1 heterocycles. The number of hydrogen-bond donors (Lipinski definition) is 1. The second kappa shape index (κ2) is 7.50. The van der Waals surface area contributed by atoms with Gasteiger partial charge in [-0.15, -0.1) is 11.3 Å². The number of rotatable bonds is 7. The molecule has 0 radical (unpaired) electrons. The summed E-state index contributed by atoms with van der Waals surface area (Å²) in [6.45, 7) is 3.00. The largest absolute Gasteiger partial charge is 0.494 e. The average molecular weight is 304 g/mol. The van der Waals surface area contributed by atoms with Crippen LogP contribution in [-0.4, -0.2) is 17.7 Å². The highest BCUT2D eigenvalue weighted by Gasteiger charge is 2.01. The number of aliphatic carboxylic acids is 1. The van der Waals surface area contributed by atoms with Gasteiger partial charge in [-0.05, 0) is 37.3 Å². The summed E-state index contributed by atoms with van der Waals surface area (Å²) in [4.78, 5) is 12.4. The Morgan fingerprint density at radius 1 is 1.24 bits per heavy atom. The summed E-state index contributed by atoms with van der Waals surface area (Å²) < 4.78 is 11.1. The summed E-state index contributed by atoms with van der Waals surface area (Å²) >= 11 is 1.50. The molecule has 4 nitrogen and oxygen atoms in total. The maximum Gasteiger partial charge on any atom is 0.328 e. The lowest BCUT2D eigenvalue weighted by Crippen LogP contribution is -1.95. The summed E-state index contributed by atoms with van der Waals surface area (Å²) in [6.07, 6.45) is 2.70. The van der Waals surface area contributed by atoms with E-state index in [0.717, 1.165) is 27.3 Å². The van der Waals surface area contributed by atoms with Crippen molar-refractivity contribution < 1.29 is 19.4 Å². The summed E-state index contributed by atoms with van der Waals surface area (Å²) in [6, 6.07) is 11.3. The number of ether oxygens (including phenoxy) is 2. The molecule has 5 heteroatoms. The van der Waals surface area contributed by atoms with Crippen LogP contribution in [0.4, 0.5) is 0 Å². The highest BCUT2D eigenvalue weighted by atomic mass is 32.1. The smallest absolute Gasteiger partial charge is 0.328 e. The van der Waals surface area contributed by atoms with Crippen molar-refractivity contribution in [3.8, 4) is 11.5 Å². The van der Waals surface area contributed by atoms with Crippen molar-refractivity contribution >= 4 is 23.4 Å². The van der Waals surface area contributed by atoms with Gasteiger partial charge >= 0.3 is 5.97 Å². The van der Waals surface area contributed by atoms with Crippen LogP contribution in [0.3, 0.4) is 0 Å². The fourth-order valence-electron chi connectivity index (χ4n) is 1.69. The van der Waals surface area contributed by atoms with E-state index in [1.165, 1.54) is 11.3 Å². The number of carboxylic acid groups (broad SMARTS) is 1. The fraction of sp³-hybridized carbons (Fsp3) is 0.188. The van der Waals surface area contributed by atoms with E-state index in [4.69, 9.17) is 14.6 Å². The first kappa shape index (κ1) is 15.1. The average Bonchev–Trinajstić information content (AvgIpc) is 2.92. The van der Waals surface area contributed by atoms with E-state index in [0.29, 0.717) is 13.2 Å². The van der Waals surface area contributed by atoms with Crippen LogP contribution in [0.1, 0.15) is 16.7 Å². The van der Waals surface area contributed by atoms with Crippen LogP contribution in [0.2, 0.25) is 0 Å². The number of carbonyl (C=O) groups is 1. The van der Waals surface area contributed by atoms with Crippen LogP contribution in [0.15, 0.2) is 42.5 Å². The number of hydrogen-bond acceptors (Lipinski definition) is 4. The number of benzene rings is 1. The van der Waals surface area contributed by atoms with Crippen molar-refractivity contribution in [1.82, 2.24) is 0 Å². The summed E-state index contributed by atoms with van der Waals surface area (Å²) in [5.41, 5.74) is 0. The molecule has 0 aliphatic heterocycles. The molecule has 0 spiro atoms. The van der Waals surface area contributed by atoms with Crippen LogP contribution in [0, 0.1) is 0 Å². The van der Waals surface area contributed by atoms with Crippen molar-refractivity contribution in [1.29, 1.82) is 0 Å². The quantitative estimate of drug-likeness (QED) is 0.790. The molecule has 0 saturated heterocycles. The number of carboxylic acids is 1. The monoisotopic (exact) mass is 304 g/mol. The first-order valence-corrected chi connectivity index (χ1v) is 7.34. The van der Waals surface area contributed by atoms with Gasteiger partial charge in [0.25, 0.3) is 0 Å². The molecule has 1 aromatic heterocycles. The topological polar surface area (TPSA) is 55.8 Å². The van der Waals surface area contributed by atoms with Gasteiger partial charge in [-0.1, -0.05) is 6.07 Å². The maximum absolute atomic E-state index is 10.5. The maximum atomic E-state index is 10.5. The van der Waals surface area contributed by atoms with Gasteiger partial charge in [0.05, 0.1) is 6.61 Å². The van der Waals surface area contributed by atoms with Gasteiger partial charge in [-0.2, -0.15) is 0 Å². The second-order valence-corrected chi connectivity index (χ2v) is 5.37. The van der Waals surface area contributed by atoms with Gasteiger partial charge in [0, 0.05) is 21.9 Å². The summed E-state index contributed by atoms with van der Waals surface area (Å²) in [7, 11) is 0. The Kier molecular flexibility index (Phi) is 5.40. The van der Waals surface area contributed by atoms with Crippen LogP contribution < -0.4 is 9.47 Å². The third-order valence-electron chi connectivity index (χ3n) is 2.57. The first-order chi connectivity index (χ1) is 10.2. The summed E-state index contributed by atoms with van der Waals surface area (Å²) in [5, 5.41) is 8.58. The molecule has 2 rings (SSSR count). The normalized spacial score (nSPS) is 10.7. The van der Waals surface area contributed by atoms with Crippen molar-refractivity contribution in [2.75, 3.05) is 6.61 Å². The Labute approximate surface area is 127 Å². The molecule has 0 atom stereocenters. The van der Waals surface area contributed by atoms with Gasteiger partial charge in [0.15, 0.2) is 0 Å². The zero-order chi connectivity index (χ0) is 15.1. The minimum Gasteiger partial charge on any atom is -0.494 e. The van der Waals surface area contributed by atoms with Gasteiger partial charge in [-0.3, -0.25) is 0 Å². The molecular weight excluding hydrogens is 288 g/mol. The Morgan fingerprint density at radius 3 is 2.71 bits per heavy atom. The van der Waals surface area contributed by atoms with E-state index >= 15 is 0 Å². The lowest BCUT2D eigenvalue weighted by molar-refractivity contribution is -0.131. The standard InChI is InChI=1S/C16H16O4S/c1-2-19-12-4-3-5-13(10-12)20-11-15-7-6-14(21-15)8-9-16(17)18/h3-10H,2,11H2,1H3,(H,17,18). The minimum atomic E-state index is -0.950. The van der Waals surface area contributed by atoms with Crippen LogP contribution in [0.25, 0.3) is 6.08 Å². The Balaban J connectivity index is 1.94. The lowest BCUT2D eigenvalue weighted by atomic mass is 10.3. The molecule has 0 bridgehead atoms. The Bertz CT molecular complexity index is 631. The molecule has 0 amide bonds. The molecule has 21 heavy (non-hydrogen) atoms. The number of thiophene rings is 1. The SMILES string of the molecule is CCOc1cccc(OCc2ccc(C=CC(=O)O)s2)c1. The van der Waals surface area contributed by atoms with Crippen molar-refractivity contribution in [2.24, 2.45) is 0 Å². The molecule has 1 N–H and O–H groups in total. The predicted molar refractivity (Wildman–Crippen MR) is 82.9 cm³/mol. The van der Waals surface area contributed by atoms with Crippen LogP contribution >= 0.6 is 11.3 Å². The van der Waals surface area contributed by atoms with Crippen LogP contribution in [0.5, 0.6) is 11.5 Å². The molecular formula is C16H16O4S. The lowest BCUT2D eigenvalue weighted by Gasteiger charge is -2.07. The zero-order valence-corrected chi connectivity index (χ0v) is 12.4. The van der Waals surface area contributed by atoms with E-state index in [-0.39, 0.29) is 0 Å². The molecule has 0 aliphatic carbocycles. The molecule has 2 aromatic rings. The van der Waals surface area contributed by atoms with Gasteiger partial charge < -0.3 is 14.6 Å². The van der Waals surface area contributed by atoms with E-state index < -0.39 is 5.97 Å². The molecule has 0 aliphatic rings. The zero-order valence-electron chi connectivity index (χ0n) is 11.6. The molecule has 110 valence electrons. The highest BCUT2D eigenvalue weighted by molar-refractivity contribution is 7.12. The van der Waals surface area contributed by atoms with Gasteiger partial charge in [-0.25, -0.2) is 4.79 Å². The van der Waals surface area contributed by atoms with Crippen molar-refractivity contribution in [3.05, 3.63) is 52.2 Å². The Hall–Kier alpha value is -2.27. The van der Waals surface area contributed by atoms with E-state index in [1.54, 1.807) is 6.08 Å². The predicted octanol–water partition coefficient (Wildman–Crippen LogP) is 3.82. The van der Waals surface area contributed by atoms with E-state index in [9.17, 15) is 4.79 Å². The molecule has 0 saturated carbocycles. The molecule has 0 fully saturated rings. The van der Waals surface area contributed by atoms with E-state index in [2.05, 4.69) is 0 Å². The third kappa shape index (κ3) is 4.96. The minimum absolute atomic E-state index is 0.446. The van der Waals surface area contributed by atoms with Gasteiger partial charge in [0.2, 0.25) is 0 Å². The molecule has 1 aromatic carbocycles. The second-order valence-electron chi connectivity index (χ2n) is 4.17. The third-order valence-corrected chi connectivity index (χ3v) is 3.59. The fourth-order valence-corrected chi connectivity index (χ4v) is 2.52. The summed E-state index contributed by atoms with van der Waals surface area (Å²) in [5.74, 6) is 0.581. The van der Waals surface area contributed by atoms with E-state index in [1.807, 2.05) is 43.3 Å². The molecule has 0 unspecified atom stereocenters.